The SMILES string of the molecule is CCN(CC)C(=NO)c1cccc([N+](=O)[O-])c1. The summed E-state index contributed by atoms with van der Waals surface area (Å²) in [5.74, 6) is 0.346. The molecule has 0 atom stereocenters. The van der Waals surface area contributed by atoms with Crippen molar-refractivity contribution in [1.82, 2.24) is 4.90 Å². The molecule has 0 amide bonds. The first-order valence-corrected chi connectivity index (χ1v) is 5.35. The maximum Gasteiger partial charge on any atom is 0.270 e. The van der Waals surface area contributed by atoms with Gasteiger partial charge in [-0.05, 0) is 13.8 Å². The number of nitrogens with zero attached hydrogens (tertiary/aromatic N) is 3. The van der Waals surface area contributed by atoms with E-state index in [1.165, 1.54) is 12.1 Å². The highest BCUT2D eigenvalue weighted by Gasteiger charge is 2.14. The van der Waals surface area contributed by atoms with Crippen molar-refractivity contribution in [3.05, 3.63) is 39.9 Å². The van der Waals surface area contributed by atoms with Gasteiger partial charge in [0.05, 0.1) is 4.92 Å². The van der Waals surface area contributed by atoms with Crippen LogP contribution < -0.4 is 0 Å². The summed E-state index contributed by atoms with van der Waals surface area (Å²) in [6.45, 7) is 5.18. The monoisotopic (exact) mass is 237 g/mol. The minimum Gasteiger partial charge on any atom is -0.409 e. The van der Waals surface area contributed by atoms with Crippen molar-refractivity contribution in [1.29, 1.82) is 0 Å². The number of hydrogen-bond donors (Lipinski definition) is 1. The average molecular weight is 237 g/mol. The molecule has 0 saturated heterocycles. The van der Waals surface area contributed by atoms with Crippen molar-refractivity contribution in [3.63, 3.8) is 0 Å². The smallest absolute Gasteiger partial charge is 0.270 e. The van der Waals surface area contributed by atoms with Crippen molar-refractivity contribution in [2.75, 3.05) is 13.1 Å². The Labute approximate surface area is 99.3 Å². The molecule has 6 nitrogen and oxygen atoms in total. The normalized spacial score (nSPS) is 11.3. The molecule has 0 unspecified atom stereocenters. The number of oxime groups is 1. The Bertz CT molecular complexity index is 428. The summed E-state index contributed by atoms with van der Waals surface area (Å²) in [5, 5.41) is 22.9. The predicted octanol–water partition coefficient (Wildman–Crippen LogP) is 2.07. The molecule has 1 N–H and O–H groups in total. The number of amidine groups is 1. The molecule has 0 fully saturated rings. The van der Waals surface area contributed by atoms with Gasteiger partial charge in [0.15, 0.2) is 5.84 Å². The lowest BCUT2D eigenvalue weighted by atomic mass is 10.1. The number of non-ortho nitro benzene ring substituents is 1. The van der Waals surface area contributed by atoms with Crippen LogP contribution in [0.5, 0.6) is 0 Å². The van der Waals surface area contributed by atoms with Gasteiger partial charge in [-0.3, -0.25) is 10.1 Å². The molecule has 0 radical (unpaired) electrons. The van der Waals surface area contributed by atoms with Gasteiger partial charge in [-0.1, -0.05) is 17.3 Å². The molecule has 0 aliphatic heterocycles. The number of nitro groups is 1. The number of nitro benzene ring substituents is 1. The van der Waals surface area contributed by atoms with Gasteiger partial charge in [0.1, 0.15) is 0 Å². The van der Waals surface area contributed by atoms with Gasteiger partial charge in [0.25, 0.3) is 5.69 Å². The van der Waals surface area contributed by atoms with Gasteiger partial charge < -0.3 is 10.1 Å². The van der Waals surface area contributed by atoms with Crippen LogP contribution in [0.1, 0.15) is 19.4 Å². The number of rotatable bonds is 4. The minimum atomic E-state index is -0.472. The van der Waals surface area contributed by atoms with Crippen molar-refractivity contribution >= 4 is 11.5 Å². The molecule has 0 aromatic heterocycles. The molecular formula is C11H15N3O3. The Kier molecular flexibility index (Phi) is 4.45. The lowest BCUT2D eigenvalue weighted by Gasteiger charge is -2.21. The van der Waals surface area contributed by atoms with Crippen LogP contribution in [0.2, 0.25) is 0 Å². The molecule has 92 valence electrons. The van der Waals surface area contributed by atoms with E-state index in [1.54, 1.807) is 12.1 Å². The summed E-state index contributed by atoms with van der Waals surface area (Å²) in [5.41, 5.74) is 0.515. The van der Waals surface area contributed by atoms with Gasteiger partial charge in [-0.15, -0.1) is 0 Å². The fraction of sp³-hybridized carbons (Fsp3) is 0.364. The zero-order valence-electron chi connectivity index (χ0n) is 9.83. The second kappa shape index (κ2) is 5.83. The van der Waals surface area contributed by atoms with E-state index in [4.69, 9.17) is 5.21 Å². The van der Waals surface area contributed by atoms with E-state index < -0.39 is 4.92 Å². The first-order chi connectivity index (χ1) is 8.13. The standard InChI is InChI=1S/C11H15N3O3/c1-3-13(4-2)11(12-15)9-6-5-7-10(8-9)14(16)17/h5-8,15H,3-4H2,1-2H3. The maximum atomic E-state index is 10.7. The van der Waals surface area contributed by atoms with Gasteiger partial charge in [0, 0.05) is 30.8 Å². The topological polar surface area (TPSA) is 79.0 Å². The first kappa shape index (κ1) is 13.0. The molecule has 6 heteroatoms. The highest BCUT2D eigenvalue weighted by molar-refractivity contribution is 5.98. The van der Waals surface area contributed by atoms with Crippen LogP contribution in [0, 0.1) is 10.1 Å². The molecule has 0 aliphatic rings. The van der Waals surface area contributed by atoms with Crippen molar-refractivity contribution in [3.8, 4) is 0 Å². The fourth-order valence-corrected chi connectivity index (χ4v) is 1.59. The fourth-order valence-electron chi connectivity index (χ4n) is 1.59. The number of hydrogen-bond acceptors (Lipinski definition) is 4. The van der Waals surface area contributed by atoms with Crippen LogP contribution in [0.25, 0.3) is 0 Å². The Morgan fingerprint density at radius 2 is 2.12 bits per heavy atom. The van der Waals surface area contributed by atoms with E-state index >= 15 is 0 Å². The zero-order valence-corrected chi connectivity index (χ0v) is 9.83. The van der Waals surface area contributed by atoms with Gasteiger partial charge >= 0.3 is 0 Å². The molecule has 1 aromatic rings. The molecule has 1 rings (SSSR count). The molecule has 1 aromatic carbocycles. The molecule has 0 spiro atoms. The van der Waals surface area contributed by atoms with Crippen LogP contribution in [-0.2, 0) is 0 Å². The lowest BCUT2D eigenvalue weighted by Crippen LogP contribution is -2.31. The van der Waals surface area contributed by atoms with E-state index in [0.29, 0.717) is 24.5 Å². The van der Waals surface area contributed by atoms with Crippen LogP contribution in [0.15, 0.2) is 29.4 Å². The first-order valence-electron chi connectivity index (χ1n) is 5.35. The van der Waals surface area contributed by atoms with Crippen LogP contribution >= 0.6 is 0 Å². The van der Waals surface area contributed by atoms with Crippen molar-refractivity contribution in [2.24, 2.45) is 5.16 Å². The molecule has 0 bridgehead atoms. The summed E-state index contributed by atoms with van der Waals surface area (Å²) in [4.78, 5) is 12.0. The second-order valence-electron chi connectivity index (χ2n) is 3.40. The molecular weight excluding hydrogens is 222 g/mol. The van der Waals surface area contributed by atoms with E-state index in [-0.39, 0.29) is 5.69 Å². The number of benzene rings is 1. The minimum absolute atomic E-state index is 0.0178. The van der Waals surface area contributed by atoms with Crippen LogP contribution in [0.3, 0.4) is 0 Å². The Morgan fingerprint density at radius 3 is 2.59 bits per heavy atom. The Balaban J connectivity index is 3.13. The zero-order chi connectivity index (χ0) is 12.8. The largest absolute Gasteiger partial charge is 0.409 e. The molecule has 0 saturated carbocycles. The summed E-state index contributed by atoms with van der Waals surface area (Å²) in [7, 11) is 0. The van der Waals surface area contributed by atoms with E-state index in [9.17, 15) is 10.1 Å². The molecule has 0 heterocycles. The van der Waals surface area contributed by atoms with Gasteiger partial charge in [-0.2, -0.15) is 0 Å². The Hall–Kier alpha value is -2.11. The van der Waals surface area contributed by atoms with Crippen LogP contribution in [0.4, 0.5) is 5.69 Å². The van der Waals surface area contributed by atoms with Gasteiger partial charge in [0.2, 0.25) is 0 Å². The summed E-state index contributed by atoms with van der Waals surface area (Å²) in [6, 6.07) is 6.05. The average Bonchev–Trinajstić information content (AvgIpc) is 2.35. The predicted molar refractivity (Wildman–Crippen MR) is 64.3 cm³/mol. The summed E-state index contributed by atoms with van der Waals surface area (Å²) >= 11 is 0. The van der Waals surface area contributed by atoms with E-state index in [2.05, 4.69) is 5.16 Å². The molecule has 17 heavy (non-hydrogen) atoms. The van der Waals surface area contributed by atoms with E-state index in [0.717, 1.165) is 0 Å². The molecule has 0 aliphatic carbocycles. The highest BCUT2D eigenvalue weighted by Crippen LogP contribution is 2.15. The van der Waals surface area contributed by atoms with Crippen LogP contribution in [-0.4, -0.2) is 34.0 Å². The third kappa shape index (κ3) is 2.93. The lowest BCUT2D eigenvalue weighted by molar-refractivity contribution is -0.384. The van der Waals surface area contributed by atoms with Gasteiger partial charge in [-0.25, -0.2) is 0 Å². The summed E-state index contributed by atoms with van der Waals surface area (Å²) in [6.07, 6.45) is 0. The maximum absolute atomic E-state index is 10.7. The van der Waals surface area contributed by atoms with Crippen molar-refractivity contribution in [2.45, 2.75) is 13.8 Å². The second-order valence-corrected chi connectivity index (χ2v) is 3.40. The highest BCUT2D eigenvalue weighted by atomic mass is 16.6. The quantitative estimate of drug-likeness (QED) is 0.286. The van der Waals surface area contributed by atoms with E-state index in [1.807, 2.05) is 18.7 Å². The third-order valence-electron chi connectivity index (χ3n) is 2.47. The third-order valence-corrected chi connectivity index (χ3v) is 2.47. The summed E-state index contributed by atoms with van der Waals surface area (Å²) < 4.78 is 0. The van der Waals surface area contributed by atoms with Crippen molar-refractivity contribution < 1.29 is 10.1 Å². The Morgan fingerprint density at radius 1 is 1.47 bits per heavy atom.